The van der Waals surface area contributed by atoms with Gasteiger partial charge in [-0.25, -0.2) is 9.67 Å². The lowest BCUT2D eigenvalue weighted by atomic mass is 9.96. The zero-order chi connectivity index (χ0) is 19.7. The highest BCUT2D eigenvalue weighted by Crippen LogP contribution is 2.32. The molecule has 0 aliphatic heterocycles. The van der Waals surface area contributed by atoms with Gasteiger partial charge in [-0.05, 0) is 11.6 Å². The van der Waals surface area contributed by atoms with Gasteiger partial charge in [0.2, 0.25) is 5.88 Å². The molecule has 28 heavy (non-hydrogen) atoms. The molecule has 0 aliphatic carbocycles. The van der Waals surface area contributed by atoms with Gasteiger partial charge in [-0.1, -0.05) is 37.3 Å². The Balaban J connectivity index is 1.85. The maximum atomic E-state index is 5.39. The van der Waals surface area contributed by atoms with Crippen molar-refractivity contribution in [3.63, 3.8) is 0 Å². The predicted octanol–water partition coefficient (Wildman–Crippen LogP) is 2.99. The van der Waals surface area contributed by atoms with Gasteiger partial charge in [-0.15, -0.1) is 10.2 Å². The number of methoxy groups -OCH3 is 2. The van der Waals surface area contributed by atoms with Crippen molar-refractivity contribution < 1.29 is 9.47 Å². The van der Waals surface area contributed by atoms with Crippen molar-refractivity contribution in [2.24, 2.45) is 7.05 Å². The highest BCUT2D eigenvalue weighted by molar-refractivity contribution is 5.83. The van der Waals surface area contributed by atoms with E-state index in [-0.39, 0.29) is 11.9 Å². The highest BCUT2D eigenvalue weighted by Gasteiger charge is 2.20. The van der Waals surface area contributed by atoms with E-state index < -0.39 is 0 Å². The summed E-state index contributed by atoms with van der Waals surface area (Å²) in [4.78, 5) is 8.40. The number of ether oxygens (including phenoxy) is 2. The molecule has 0 saturated carbocycles. The molecule has 142 valence electrons. The van der Waals surface area contributed by atoms with Gasteiger partial charge in [-0.2, -0.15) is 10.1 Å². The number of aromatic nitrogens is 6. The summed E-state index contributed by atoms with van der Waals surface area (Å²) in [7, 11) is 4.92. The standard InChI is InChI=1S/C20H20N6O2/c1-12(13-8-6-5-7-9-13)17-14-10-16(23-24-18(14)26(2)25-17)15-11-21-20(28-4)22-19(15)27-3/h5-12H,1-4H3. The smallest absolute Gasteiger partial charge is 0.319 e. The monoisotopic (exact) mass is 376 g/mol. The lowest BCUT2D eigenvalue weighted by Crippen LogP contribution is -2.00. The first-order valence-electron chi connectivity index (χ1n) is 8.83. The van der Waals surface area contributed by atoms with Crippen LogP contribution in [0.1, 0.15) is 24.1 Å². The van der Waals surface area contributed by atoms with Crippen LogP contribution in [0.25, 0.3) is 22.3 Å². The van der Waals surface area contributed by atoms with Crippen molar-refractivity contribution in [1.29, 1.82) is 0 Å². The Morgan fingerprint density at radius 1 is 1.04 bits per heavy atom. The molecule has 1 aromatic carbocycles. The molecule has 0 amide bonds. The fourth-order valence-corrected chi connectivity index (χ4v) is 3.21. The van der Waals surface area contributed by atoms with Crippen molar-refractivity contribution in [2.75, 3.05) is 14.2 Å². The van der Waals surface area contributed by atoms with E-state index in [4.69, 9.17) is 14.6 Å². The van der Waals surface area contributed by atoms with Crippen molar-refractivity contribution in [3.05, 3.63) is 53.9 Å². The fourth-order valence-electron chi connectivity index (χ4n) is 3.21. The molecule has 1 unspecified atom stereocenters. The summed E-state index contributed by atoms with van der Waals surface area (Å²) in [6, 6.07) is 12.4. The van der Waals surface area contributed by atoms with Crippen LogP contribution in [0.3, 0.4) is 0 Å². The molecular formula is C20H20N6O2. The zero-order valence-corrected chi connectivity index (χ0v) is 16.1. The third kappa shape index (κ3) is 3.02. The molecular weight excluding hydrogens is 356 g/mol. The van der Waals surface area contributed by atoms with Crippen LogP contribution in [0.5, 0.6) is 11.9 Å². The molecule has 0 fully saturated rings. The first kappa shape index (κ1) is 17.8. The first-order valence-corrected chi connectivity index (χ1v) is 8.83. The molecule has 3 heterocycles. The van der Waals surface area contributed by atoms with E-state index in [0.29, 0.717) is 17.1 Å². The lowest BCUT2D eigenvalue weighted by Gasteiger charge is -2.10. The number of nitrogens with zero attached hydrogens (tertiary/aromatic N) is 6. The minimum Gasteiger partial charge on any atom is -0.480 e. The van der Waals surface area contributed by atoms with Crippen molar-refractivity contribution in [2.45, 2.75) is 12.8 Å². The molecule has 8 nitrogen and oxygen atoms in total. The molecule has 8 heteroatoms. The van der Waals surface area contributed by atoms with Gasteiger partial charge in [0.25, 0.3) is 0 Å². The van der Waals surface area contributed by atoms with Gasteiger partial charge >= 0.3 is 6.01 Å². The van der Waals surface area contributed by atoms with Gasteiger partial charge < -0.3 is 9.47 Å². The van der Waals surface area contributed by atoms with E-state index in [1.165, 1.54) is 12.7 Å². The fraction of sp³-hybridized carbons (Fsp3) is 0.250. The summed E-state index contributed by atoms with van der Waals surface area (Å²) in [6.07, 6.45) is 1.62. The number of hydrogen-bond acceptors (Lipinski definition) is 7. The van der Waals surface area contributed by atoms with Crippen LogP contribution in [0.4, 0.5) is 0 Å². The first-order chi connectivity index (χ1) is 13.6. The minimum atomic E-state index is 0.107. The second kappa shape index (κ2) is 7.22. The summed E-state index contributed by atoms with van der Waals surface area (Å²) >= 11 is 0. The average molecular weight is 376 g/mol. The van der Waals surface area contributed by atoms with Crippen LogP contribution in [0, 0.1) is 0 Å². The van der Waals surface area contributed by atoms with Crippen molar-refractivity contribution >= 4 is 11.0 Å². The van der Waals surface area contributed by atoms with E-state index in [1.54, 1.807) is 18.0 Å². The number of aryl methyl sites for hydroxylation is 1. The third-order valence-electron chi connectivity index (χ3n) is 4.71. The summed E-state index contributed by atoms with van der Waals surface area (Å²) in [5.74, 6) is 0.484. The van der Waals surface area contributed by atoms with Crippen molar-refractivity contribution in [1.82, 2.24) is 29.9 Å². The highest BCUT2D eigenvalue weighted by atomic mass is 16.5. The normalized spacial score (nSPS) is 12.1. The van der Waals surface area contributed by atoms with Crippen LogP contribution in [-0.4, -0.2) is 44.2 Å². The minimum absolute atomic E-state index is 0.107. The number of fused-ring (bicyclic) bond motifs is 1. The van der Waals surface area contributed by atoms with E-state index in [2.05, 4.69) is 39.2 Å². The van der Waals surface area contributed by atoms with Crippen LogP contribution >= 0.6 is 0 Å². The predicted molar refractivity (Wildman–Crippen MR) is 104 cm³/mol. The Kier molecular flexibility index (Phi) is 4.60. The van der Waals surface area contributed by atoms with Gasteiger partial charge in [0.1, 0.15) is 5.69 Å². The largest absolute Gasteiger partial charge is 0.480 e. The van der Waals surface area contributed by atoms with E-state index >= 15 is 0 Å². The maximum absolute atomic E-state index is 5.39. The molecule has 1 atom stereocenters. The second-order valence-electron chi connectivity index (χ2n) is 6.39. The van der Waals surface area contributed by atoms with Gasteiger partial charge in [-0.3, -0.25) is 0 Å². The summed E-state index contributed by atoms with van der Waals surface area (Å²) in [5.41, 5.74) is 4.09. The molecule has 3 aromatic heterocycles. The Labute approximate surface area is 162 Å². The summed E-state index contributed by atoms with van der Waals surface area (Å²) in [5, 5.41) is 14.4. The van der Waals surface area contributed by atoms with Crippen LogP contribution in [0.15, 0.2) is 42.6 Å². The number of rotatable bonds is 5. The zero-order valence-electron chi connectivity index (χ0n) is 16.1. The van der Waals surface area contributed by atoms with Gasteiger partial charge in [0.05, 0.1) is 25.5 Å². The van der Waals surface area contributed by atoms with Gasteiger partial charge in [0, 0.05) is 24.5 Å². The Hall–Kier alpha value is -3.55. The summed E-state index contributed by atoms with van der Waals surface area (Å²) in [6.45, 7) is 2.13. The third-order valence-corrected chi connectivity index (χ3v) is 4.71. The van der Waals surface area contributed by atoms with Crippen LogP contribution in [-0.2, 0) is 7.05 Å². The molecule has 0 saturated heterocycles. The molecule has 0 bridgehead atoms. The molecule has 0 N–H and O–H groups in total. The molecule has 0 aliphatic rings. The Morgan fingerprint density at radius 2 is 1.82 bits per heavy atom. The Bertz CT molecular complexity index is 1130. The average Bonchev–Trinajstić information content (AvgIpc) is 3.09. The Morgan fingerprint density at radius 3 is 2.54 bits per heavy atom. The van der Waals surface area contributed by atoms with E-state index in [1.807, 2.05) is 31.3 Å². The van der Waals surface area contributed by atoms with E-state index in [0.717, 1.165) is 16.7 Å². The lowest BCUT2D eigenvalue weighted by molar-refractivity contribution is 0.353. The quantitative estimate of drug-likeness (QED) is 0.529. The van der Waals surface area contributed by atoms with E-state index in [9.17, 15) is 0 Å². The van der Waals surface area contributed by atoms with Crippen LogP contribution < -0.4 is 9.47 Å². The second-order valence-corrected chi connectivity index (χ2v) is 6.39. The number of benzene rings is 1. The topological polar surface area (TPSA) is 87.8 Å². The van der Waals surface area contributed by atoms with Crippen molar-refractivity contribution in [3.8, 4) is 23.1 Å². The van der Waals surface area contributed by atoms with Gasteiger partial charge in [0.15, 0.2) is 5.65 Å². The molecule has 0 radical (unpaired) electrons. The molecule has 0 spiro atoms. The summed E-state index contributed by atoms with van der Waals surface area (Å²) < 4.78 is 12.2. The van der Waals surface area contributed by atoms with Crippen LogP contribution in [0.2, 0.25) is 0 Å². The molecule has 4 aromatic rings. The number of hydrogen-bond donors (Lipinski definition) is 0. The maximum Gasteiger partial charge on any atom is 0.319 e. The molecule has 4 rings (SSSR count). The SMILES string of the molecule is COc1ncc(-c2cc3c(C(C)c4ccccc4)nn(C)c3nn2)c(OC)n1.